The van der Waals surface area contributed by atoms with Crippen LogP contribution in [0.3, 0.4) is 0 Å². The Morgan fingerprint density at radius 1 is 1.12 bits per heavy atom. The van der Waals surface area contributed by atoms with Gasteiger partial charge in [-0.3, -0.25) is 14.9 Å². The van der Waals surface area contributed by atoms with Crippen LogP contribution in [0.5, 0.6) is 0 Å². The third kappa shape index (κ3) is 5.91. The number of aliphatic imine (C=N–C) groups is 1. The average Bonchev–Trinajstić information content (AvgIpc) is 3.78. The molecule has 0 radical (unpaired) electrons. The average molecular weight is 582 g/mol. The predicted molar refractivity (Wildman–Crippen MR) is 167 cm³/mol. The minimum Gasteiger partial charge on any atom is -0.349 e. The van der Waals surface area contributed by atoms with Crippen LogP contribution in [-0.4, -0.2) is 70.1 Å². The number of amides is 1. The number of imidazole rings is 1. The van der Waals surface area contributed by atoms with E-state index in [-0.39, 0.29) is 5.91 Å². The van der Waals surface area contributed by atoms with Gasteiger partial charge in [0.25, 0.3) is 5.91 Å². The summed E-state index contributed by atoms with van der Waals surface area (Å²) in [6, 6.07) is 13.7. The first-order valence-corrected chi connectivity index (χ1v) is 15.3. The third-order valence-corrected chi connectivity index (χ3v) is 9.02. The van der Waals surface area contributed by atoms with Crippen molar-refractivity contribution in [2.24, 2.45) is 4.99 Å². The Balaban J connectivity index is 1.21. The summed E-state index contributed by atoms with van der Waals surface area (Å²) in [5, 5.41) is 5.26. The highest BCUT2D eigenvalue weighted by molar-refractivity contribution is 7.13. The summed E-state index contributed by atoms with van der Waals surface area (Å²) in [6.07, 6.45) is 10.2. The highest BCUT2D eigenvalue weighted by atomic mass is 32.1. The van der Waals surface area contributed by atoms with E-state index in [4.69, 9.17) is 0 Å². The smallest absolute Gasteiger partial charge is 0.255 e. The number of likely N-dealkylation sites (tertiary alicyclic amines) is 1. The molecule has 4 heterocycles. The summed E-state index contributed by atoms with van der Waals surface area (Å²) in [6.45, 7) is 3.17. The largest absolute Gasteiger partial charge is 0.349 e. The Bertz CT molecular complexity index is 1570. The van der Waals surface area contributed by atoms with Crippen LogP contribution >= 0.6 is 11.3 Å². The topological polar surface area (TPSA) is 95.7 Å². The molecule has 1 N–H and O–H groups in total. The minimum absolute atomic E-state index is 0.234. The van der Waals surface area contributed by atoms with E-state index in [9.17, 15) is 9.59 Å². The predicted octanol–water partition coefficient (Wildman–Crippen LogP) is 5.55. The van der Waals surface area contributed by atoms with Gasteiger partial charge < -0.3 is 14.4 Å². The Labute approximate surface area is 249 Å². The lowest BCUT2D eigenvalue weighted by Crippen LogP contribution is -2.35. The van der Waals surface area contributed by atoms with Gasteiger partial charge in [-0.15, -0.1) is 11.3 Å². The molecule has 0 spiro atoms. The number of benzene rings is 2. The summed E-state index contributed by atoms with van der Waals surface area (Å²) < 4.78 is 2.10. The number of thiazole rings is 1. The van der Waals surface area contributed by atoms with Gasteiger partial charge in [0.2, 0.25) is 0 Å². The molecule has 0 bridgehead atoms. The normalized spacial score (nSPS) is 16.4. The van der Waals surface area contributed by atoms with Crippen molar-refractivity contribution in [3.05, 3.63) is 82.9 Å². The molecular formula is C32H35N7O2S. The summed E-state index contributed by atoms with van der Waals surface area (Å²) in [4.78, 5) is 43.1. The lowest BCUT2D eigenvalue weighted by atomic mass is 9.88. The fourth-order valence-electron chi connectivity index (χ4n) is 5.95. The Kier molecular flexibility index (Phi) is 8.25. The number of rotatable bonds is 9. The van der Waals surface area contributed by atoms with E-state index in [1.807, 2.05) is 23.6 Å². The standard InChI is InChI=1S/C32H35N7O2S/c1-37-15-11-24(12-16-37)22-5-7-23(8-6-22)25-9-10-27(26(18-25)19-40)34-20-38(2)30(31(41)36-32-33-13-17-42-32)29-28-4-3-14-39(28)21-35-29/h5-10,13,17-21,24,30H,3-4,11-12,14-16H2,1-2H3,(H,33,36,41). The van der Waals surface area contributed by atoms with E-state index in [0.29, 0.717) is 28.0 Å². The summed E-state index contributed by atoms with van der Waals surface area (Å²) >= 11 is 1.36. The number of hydrogen-bond acceptors (Lipinski definition) is 7. The number of nitrogens with one attached hydrogen (secondary N) is 1. The van der Waals surface area contributed by atoms with Gasteiger partial charge in [0.05, 0.1) is 24.0 Å². The summed E-state index contributed by atoms with van der Waals surface area (Å²) in [5.74, 6) is 0.368. The SMILES string of the molecule is CN1CCC(c2ccc(-c3ccc(N=CN(C)C(C(=O)Nc4nccs4)c4ncn5c4CCC5)c(C=O)c3)cc2)CC1. The van der Waals surface area contributed by atoms with Gasteiger partial charge in [-0.05, 0) is 80.6 Å². The fraction of sp³-hybridized carbons (Fsp3) is 0.344. The fourth-order valence-corrected chi connectivity index (χ4v) is 6.48. The maximum atomic E-state index is 13.5. The van der Waals surface area contributed by atoms with Crippen molar-refractivity contribution in [3.63, 3.8) is 0 Å². The number of carbonyl (C=O) groups is 2. The quantitative estimate of drug-likeness (QED) is 0.158. The maximum absolute atomic E-state index is 13.5. The summed E-state index contributed by atoms with van der Waals surface area (Å²) in [5.41, 5.74) is 6.22. The molecule has 0 saturated carbocycles. The second-order valence-electron chi connectivity index (χ2n) is 11.1. The number of anilines is 1. The molecule has 1 saturated heterocycles. The van der Waals surface area contributed by atoms with Gasteiger partial charge in [-0.25, -0.2) is 15.0 Å². The van der Waals surface area contributed by atoms with E-state index in [0.717, 1.165) is 55.6 Å². The lowest BCUT2D eigenvalue weighted by Gasteiger charge is -2.29. The highest BCUT2D eigenvalue weighted by Crippen LogP contribution is 2.32. The van der Waals surface area contributed by atoms with Gasteiger partial charge in [0, 0.05) is 36.4 Å². The van der Waals surface area contributed by atoms with Crippen molar-refractivity contribution in [1.29, 1.82) is 0 Å². The van der Waals surface area contributed by atoms with Crippen LogP contribution < -0.4 is 5.32 Å². The maximum Gasteiger partial charge on any atom is 0.255 e. The van der Waals surface area contributed by atoms with E-state index in [2.05, 4.69) is 61.1 Å². The van der Waals surface area contributed by atoms with Crippen LogP contribution in [0.15, 0.2) is 65.4 Å². The van der Waals surface area contributed by atoms with Gasteiger partial charge in [0.15, 0.2) is 17.5 Å². The van der Waals surface area contributed by atoms with Crippen LogP contribution in [0.4, 0.5) is 10.8 Å². The number of hydrogen-bond donors (Lipinski definition) is 1. The van der Waals surface area contributed by atoms with Gasteiger partial charge in [-0.2, -0.15) is 0 Å². The van der Waals surface area contributed by atoms with Crippen LogP contribution in [0, 0.1) is 0 Å². The number of aromatic nitrogens is 3. The van der Waals surface area contributed by atoms with Gasteiger partial charge in [-0.1, -0.05) is 30.3 Å². The molecule has 0 aliphatic carbocycles. The molecule has 2 aromatic heterocycles. The van der Waals surface area contributed by atoms with E-state index in [1.54, 1.807) is 30.8 Å². The number of nitrogens with zero attached hydrogens (tertiary/aromatic N) is 6. The van der Waals surface area contributed by atoms with E-state index < -0.39 is 6.04 Å². The Morgan fingerprint density at radius 3 is 2.64 bits per heavy atom. The van der Waals surface area contributed by atoms with Crippen molar-refractivity contribution in [2.75, 3.05) is 32.5 Å². The number of carbonyl (C=O) groups excluding carboxylic acids is 2. The third-order valence-electron chi connectivity index (χ3n) is 8.34. The second-order valence-corrected chi connectivity index (χ2v) is 12.0. The molecule has 6 rings (SSSR count). The number of aryl methyl sites for hydroxylation is 1. The molecule has 10 heteroatoms. The first kappa shape index (κ1) is 28.0. The van der Waals surface area contributed by atoms with E-state index >= 15 is 0 Å². The van der Waals surface area contributed by atoms with Crippen molar-refractivity contribution < 1.29 is 9.59 Å². The molecule has 1 amide bonds. The monoisotopic (exact) mass is 581 g/mol. The molecule has 1 atom stereocenters. The number of likely N-dealkylation sites (N-methyl/N-ethyl adjacent to an activating group) is 1. The molecule has 2 aliphatic heterocycles. The van der Waals surface area contributed by atoms with E-state index in [1.165, 1.54) is 29.7 Å². The van der Waals surface area contributed by atoms with Crippen molar-refractivity contribution in [3.8, 4) is 11.1 Å². The molecule has 42 heavy (non-hydrogen) atoms. The zero-order chi connectivity index (χ0) is 29.1. The highest BCUT2D eigenvalue weighted by Gasteiger charge is 2.31. The molecular weight excluding hydrogens is 546 g/mol. The molecule has 2 aromatic carbocycles. The van der Waals surface area contributed by atoms with Gasteiger partial charge >= 0.3 is 0 Å². The first-order chi connectivity index (χ1) is 20.5. The molecule has 4 aromatic rings. The first-order valence-electron chi connectivity index (χ1n) is 14.4. The van der Waals surface area contributed by atoms with Crippen molar-refractivity contribution in [2.45, 2.75) is 44.2 Å². The Morgan fingerprint density at radius 2 is 1.90 bits per heavy atom. The molecule has 2 aliphatic rings. The van der Waals surface area contributed by atoms with Crippen LogP contribution in [0.1, 0.15) is 58.5 Å². The van der Waals surface area contributed by atoms with Crippen LogP contribution in [0.25, 0.3) is 11.1 Å². The van der Waals surface area contributed by atoms with Crippen molar-refractivity contribution >= 4 is 40.7 Å². The number of aldehydes is 1. The lowest BCUT2D eigenvalue weighted by molar-refractivity contribution is -0.119. The molecule has 216 valence electrons. The zero-order valence-electron chi connectivity index (χ0n) is 23.9. The zero-order valence-corrected chi connectivity index (χ0v) is 24.8. The summed E-state index contributed by atoms with van der Waals surface area (Å²) in [7, 11) is 3.98. The number of piperidine rings is 1. The van der Waals surface area contributed by atoms with Crippen LogP contribution in [-0.2, 0) is 17.8 Å². The van der Waals surface area contributed by atoms with Crippen molar-refractivity contribution in [1.82, 2.24) is 24.3 Å². The molecule has 9 nitrogen and oxygen atoms in total. The number of fused-ring (bicyclic) bond motifs is 1. The minimum atomic E-state index is -0.700. The second kappa shape index (κ2) is 12.4. The molecule has 1 fully saturated rings. The van der Waals surface area contributed by atoms with Crippen LogP contribution in [0.2, 0.25) is 0 Å². The van der Waals surface area contributed by atoms with Gasteiger partial charge in [0.1, 0.15) is 0 Å². The Hall–Kier alpha value is -4.15. The molecule has 1 unspecified atom stereocenters.